The summed E-state index contributed by atoms with van der Waals surface area (Å²) in [5.74, 6) is 5.88. The van der Waals surface area contributed by atoms with Gasteiger partial charge in [-0.1, -0.05) is 17.0 Å². The van der Waals surface area contributed by atoms with Gasteiger partial charge >= 0.3 is 0 Å². The predicted molar refractivity (Wildman–Crippen MR) is 79.7 cm³/mol. The molecule has 114 valence electrons. The molecule has 0 fully saturated rings. The van der Waals surface area contributed by atoms with E-state index in [1.807, 2.05) is 0 Å². The van der Waals surface area contributed by atoms with E-state index >= 15 is 0 Å². The van der Waals surface area contributed by atoms with Gasteiger partial charge in [0.05, 0.1) is 6.54 Å². The highest BCUT2D eigenvalue weighted by Crippen LogP contribution is 2.08. The second-order valence-corrected chi connectivity index (χ2v) is 5.40. The van der Waals surface area contributed by atoms with Crippen molar-refractivity contribution in [2.45, 2.75) is 26.0 Å². The number of carbonyl (C=O) groups excluding carboxylic acids is 1. The van der Waals surface area contributed by atoms with Crippen molar-refractivity contribution < 1.29 is 14.4 Å². The number of rotatable bonds is 3. The molecular weight excluding hydrogens is 282 g/mol. The van der Waals surface area contributed by atoms with Gasteiger partial charge in [0.2, 0.25) is 6.39 Å². The highest BCUT2D eigenvalue weighted by molar-refractivity contribution is 5.94. The van der Waals surface area contributed by atoms with Gasteiger partial charge < -0.3 is 14.5 Å². The van der Waals surface area contributed by atoms with Gasteiger partial charge in [-0.05, 0) is 38.1 Å². The Morgan fingerprint density at radius 3 is 2.59 bits per heavy atom. The third-order valence-corrected chi connectivity index (χ3v) is 2.78. The van der Waals surface area contributed by atoms with Crippen LogP contribution < -0.4 is 0 Å². The molecule has 1 aromatic heterocycles. The summed E-state index contributed by atoms with van der Waals surface area (Å²) in [6.45, 7) is 3.51. The molecule has 0 saturated heterocycles. The lowest BCUT2D eigenvalue weighted by Gasteiger charge is -2.14. The van der Waals surface area contributed by atoms with Crippen LogP contribution in [0.1, 0.15) is 35.6 Å². The van der Waals surface area contributed by atoms with Crippen LogP contribution in [0, 0.1) is 11.8 Å². The Bertz CT molecular complexity index is 689. The fourth-order valence-corrected chi connectivity index (χ4v) is 1.69. The molecule has 2 aromatic rings. The first kappa shape index (κ1) is 15.7. The van der Waals surface area contributed by atoms with E-state index < -0.39 is 5.60 Å². The van der Waals surface area contributed by atoms with Crippen molar-refractivity contribution >= 4 is 5.91 Å². The minimum atomic E-state index is -1.04. The maximum atomic E-state index is 12.3. The maximum absolute atomic E-state index is 12.3. The van der Waals surface area contributed by atoms with E-state index in [9.17, 15) is 9.90 Å². The number of benzene rings is 1. The lowest BCUT2D eigenvalue weighted by Crippen LogP contribution is -2.26. The molecule has 1 aromatic carbocycles. The van der Waals surface area contributed by atoms with Gasteiger partial charge in [0.15, 0.2) is 5.82 Å². The van der Waals surface area contributed by atoms with Crippen molar-refractivity contribution in [2.75, 3.05) is 7.05 Å². The number of carbonyl (C=O) groups is 1. The van der Waals surface area contributed by atoms with Crippen LogP contribution in [-0.2, 0) is 6.54 Å². The van der Waals surface area contributed by atoms with Gasteiger partial charge in [0, 0.05) is 18.2 Å². The first-order chi connectivity index (χ1) is 10.3. The summed E-state index contributed by atoms with van der Waals surface area (Å²) < 4.78 is 4.64. The van der Waals surface area contributed by atoms with Crippen LogP contribution in [-0.4, -0.2) is 38.7 Å². The molecule has 0 aliphatic rings. The van der Waals surface area contributed by atoms with E-state index in [1.165, 1.54) is 11.3 Å². The summed E-state index contributed by atoms with van der Waals surface area (Å²) >= 11 is 0. The number of aromatic nitrogens is 2. The number of hydrogen-bond donors (Lipinski definition) is 1. The van der Waals surface area contributed by atoms with Crippen LogP contribution in [0.15, 0.2) is 35.2 Å². The van der Waals surface area contributed by atoms with Crippen LogP contribution in [0.3, 0.4) is 0 Å². The van der Waals surface area contributed by atoms with E-state index in [-0.39, 0.29) is 12.5 Å². The van der Waals surface area contributed by atoms with Gasteiger partial charge in [-0.25, -0.2) is 0 Å². The average Bonchev–Trinajstić information content (AvgIpc) is 2.97. The van der Waals surface area contributed by atoms with E-state index in [2.05, 4.69) is 26.5 Å². The molecule has 1 amide bonds. The minimum absolute atomic E-state index is 0.146. The highest BCUT2D eigenvalue weighted by atomic mass is 16.5. The zero-order valence-electron chi connectivity index (χ0n) is 12.7. The topological polar surface area (TPSA) is 79.5 Å². The Kier molecular flexibility index (Phi) is 4.59. The van der Waals surface area contributed by atoms with Crippen LogP contribution in [0.25, 0.3) is 0 Å². The second-order valence-electron chi connectivity index (χ2n) is 5.40. The molecule has 6 nitrogen and oxygen atoms in total. The Morgan fingerprint density at radius 1 is 1.36 bits per heavy atom. The summed E-state index contributed by atoms with van der Waals surface area (Å²) in [5, 5.41) is 13.2. The SMILES string of the molecule is CN(Cc1ncon1)C(=O)c1ccc(C#CC(C)(C)O)cc1. The minimum Gasteiger partial charge on any atom is -0.378 e. The second kappa shape index (κ2) is 6.41. The van der Waals surface area contributed by atoms with Gasteiger partial charge in [-0.2, -0.15) is 4.98 Å². The van der Waals surface area contributed by atoms with Crippen molar-refractivity contribution in [1.82, 2.24) is 15.0 Å². The molecule has 1 heterocycles. The first-order valence-electron chi connectivity index (χ1n) is 6.71. The Balaban J connectivity index is 2.06. The number of amides is 1. The fraction of sp³-hybridized carbons (Fsp3) is 0.312. The molecule has 6 heteroatoms. The van der Waals surface area contributed by atoms with Crippen molar-refractivity contribution in [1.29, 1.82) is 0 Å². The molecule has 0 aliphatic heterocycles. The molecular formula is C16H17N3O3. The molecule has 0 radical (unpaired) electrons. The van der Waals surface area contributed by atoms with Crippen molar-refractivity contribution in [3.8, 4) is 11.8 Å². The molecule has 0 aliphatic carbocycles. The smallest absolute Gasteiger partial charge is 0.254 e. The largest absolute Gasteiger partial charge is 0.378 e. The van der Waals surface area contributed by atoms with Gasteiger partial charge in [-0.15, -0.1) is 0 Å². The number of nitrogens with zero attached hydrogens (tertiary/aromatic N) is 3. The van der Waals surface area contributed by atoms with E-state index in [0.29, 0.717) is 11.4 Å². The predicted octanol–water partition coefficient (Wildman–Crippen LogP) is 1.46. The summed E-state index contributed by atoms with van der Waals surface area (Å²) in [7, 11) is 1.67. The highest BCUT2D eigenvalue weighted by Gasteiger charge is 2.13. The monoisotopic (exact) mass is 299 g/mol. The van der Waals surface area contributed by atoms with Crippen LogP contribution in [0.2, 0.25) is 0 Å². The maximum Gasteiger partial charge on any atom is 0.254 e. The molecule has 0 spiro atoms. The summed E-state index contributed by atoms with van der Waals surface area (Å²) in [4.78, 5) is 17.6. The molecule has 0 saturated carbocycles. The van der Waals surface area contributed by atoms with Crippen LogP contribution >= 0.6 is 0 Å². The van der Waals surface area contributed by atoms with Crippen molar-refractivity contribution in [2.24, 2.45) is 0 Å². The van der Waals surface area contributed by atoms with Gasteiger partial charge in [0.25, 0.3) is 5.91 Å². The number of aliphatic hydroxyl groups is 1. The number of hydrogen-bond acceptors (Lipinski definition) is 5. The van der Waals surface area contributed by atoms with E-state index in [1.54, 1.807) is 45.2 Å². The molecule has 0 bridgehead atoms. The van der Waals surface area contributed by atoms with E-state index in [0.717, 1.165) is 5.56 Å². The quantitative estimate of drug-likeness (QED) is 0.868. The molecule has 2 rings (SSSR count). The normalized spacial score (nSPS) is 10.7. The van der Waals surface area contributed by atoms with Gasteiger partial charge in [-0.3, -0.25) is 4.79 Å². The Morgan fingerprint density at radius 2 is 2.05 bits per heavy atom. The summed E-state index contributed by atoms with van der Waals surface area (Å²) in [6.07, 6.45) is 1.23. The summed E-state index contributed by atoms with van der Waals surface area (Å²) in [6, 6.07) is 6.88. The molecule has 0 unspecified atom stereocenters. The lowest BCUT2D eigenvalue weighted by molar-refractivity contribution is 0.0780. The van der Waals surface area contributed by atoms with Crippen LogP contribution in [0.4, 0.5) is 0 Å². The Labute approximate surface area is 128 Å². The molecule has 0 atom stereocenters. The molecule has 22 heavy (non-hydrogen) atoms. The Hall–Kier alpha value is -2.65. The van der Waals surface area contributed by atoms with Crippen molar-refractivity contribution in [3.05, 3.63) is 47.6 Å². The third kappa shape index (κ3) is 4.43. The standard InChI is InChI=1S/C16H17N3O3/c1-16(2,21)9-8-12-4-6-13(7-5-12)15(20)19(3)10-14-17-11-22-18-14/h4-7,11,21H,10H2,1-3H3. The zero-order valence-corrected chi connectivity index (χ0v) is 12.7. The average molecular weight is 299 g/mol. The summed E-state index contributed by atoms with van der Waals surface area (Å²) in [5.41, 5.74) is 0.235. The zero-order chi connectivity index (χ0) is 16.2. The fourth-order valence-electron chi connectivity index (χ4n) is 1.69. The lowest BCUT2D eigenvalue weighted by atomic mass is 10.1. The first-order valence-corrected chi connectivity index (χ1v) is 6.71. The van der Waals surface area contributed by atoms with E-state index in [4.69, 9.17) is 0 Å². The van der Waals surface area contributed by atoms with Crippen LogP contribution in [0.5, 0.6) is 0 Å². The third-order valence-electron chi connectivity index (χ3n) is 2.78. The molecule has 1 N–H and O–H groups in total. The van der Waals surface area contributed by atoms with Gasteiger partial charge in [0.1, 0.15) is 5.60 Å². The van der Waals surface area contributed by atoms with Crippen molar-refractivity contribution in [3.63, 3.8) is 0 Å².